The molecular formula is C30H42N6O6. The molecule has 0 heterocycles. The summed E-state index contributed by atoms with van der Waals surface area (Å²) >= 11 is 0. The Hall–Kier alpha value is -4.45. The van der Waals surface area contributed by atoms with E-state index in [1.54, 1.807) is 0 Å². The van der Waals surface area contributed by atoms with E-state index >= 15 is 0 Å². The maximum absolute atomic E-state index is 12.8. The quantitative estimate of drug-likeness (QED) is 0.181. The highest BCUT2D eigenvalue weighted by Gasteiger charge is 2.25. The fraction of sp³-hybridized carbons (Fsp3) is 0.433. The second-order valence-electron chi connectivity index (χ2n) is 10.3. The minimum Gasteiger partial charge on any atom is -0.445 e. The van der Waals surface area contributed by atoms with Gasteiger partial charge in [-0.1, -0.05) is 74.5 Å². The first-order valence-corrected chi connectivity index (χ1v) is 13.9. The smallest absolute Gasteiger partial charge is 0.410 e. The normalized spacial score (nSPS) is 12.0. The topological polar surface area (TPSA) is 172 Å². The number of benzene rings is 2. The molecule has 228 valence electrons. The third kappa shape index (κ3) is 13.3. The number of hydrogen-bond donors (Lipinski definition) is 5. The number of likely N-dealkylation sites (N-methyl/N-ethyl adjacent to an activating group) is 1. The van der Waals surface area contributed by atoms with Crippen molar-refractivity contribution in [3.05, 3.63) is 71.8 Å². The average Bonchev–Trinajstić information content (AvgIpc) is 2.97. The molecular weight excluding hydrogens is 540 g/mol. The van der Waals surface area contributed by atoms with Crippen LogP contribution in [0.1, 0.15) is 31.4 Å². The van der Waals surface area contributed by atoms with E-state index in [1.165, 1.54) is 7.05 Å². The zero-order chi connectivity index (χ0) is 30.9. The summed E-state index contributed by atoms with van der Waals surface area (Å²) in [6.45, 7) is 3.66. The van der Waals surface area contributed by atoms with Crippen molar-refractivity contribution in [1.29, 1.82) is 0 Å². The molecule has 0 saturated heterocycles. The molecule has 0 spiro atoms. The summed E-state index contributed by atoms with van der Waals surface area (Å²) in [5, 5.41) is 10.4. The van der Waals surface area contributed by atoms with E-state index in [4.69, 9.17) is 10.5 Å². The minimum absolute atomic E-state index is 0.0978. The van der Waals surface area contributed by atoms with Gasteiger partial charge in [0.05, 0.1) is 12.6 Å². The van der Waals surface area contributed by atoms with Crippen molar-refractivity contribution < 1.29 is 28.7 Å². The highest BCUT2D eigenvalue weighted by Crippen LogP contribution is 2.07. The van der Waals surface area contributed by atoms with Crippen LogP contribution in [-0.4, -0.2) is 79.9 Å². The van der Waals surface area contributed by atoms with Gasteiger partial charge in [0.2, 0.25) is 23.6 Å². The first kappa shape index (κ1) is 33.8. The average molecular weight is 583 g/mol. The lowest BCUT2D eigenvalue weighted by Gasteiger charge is -2.22. The standard InChI is InChI=1S/C30H42N6O6/c1-21(2)16-25(35-28(39)24(31)17-22-10-6-4-7-11-22)29(40)34-18-26(37)32-14-15-33-27(38)19-36(3)30(41)42-20-23-12-8-5-9-13-23/h4-13,21,24-25H,14-20,31H2,1-3H3,(H,32,37)(H,33,38)(H,34,40)(H,35,39)/t24-,25-/m0/s1. The van der Waals surface area contributed by atoms with Gasteiger partial charge in [-0.05, 0) is 29.9 Å². The van der Waals surface area contributed by atoms with E-state index in [0.717, 1.165) is 16.0 Å². The molecule has 0 aliphatic rings. The zero-order valence-electron chi connectivity index (χ0n) is 24.4. The van der Waals surface area contributed by atoms with Crippen molar-refractivity contribution in [3.63, 3.8) is 0 Å². The SMILES string of the molecule is CC(C)C[C@H](NC(=O)[C@@H](N)Cc1ccccc1)C(=O)NCC(=O)NCCNC(=O)CN(C)C(=O)OCc1ccccc1. The molecule has 5 amide bonds. The summed E-state index contributed by atoms with van der Waals surface area (Å²) in [5.74, 6) is -1.72. The Bertz CT molecular complexity index is 1160. The fourth-order valence-corrected chi connectivity index (χ4v) is 3.86. The molecule has 6 N–H and O–H groups in total. The Morgan fingerprint density at radius 3 is 1.98 bits per heavy atom. The van der Waals surface area contributed by atoms with Crippen LogP contribution in [0.3, 0.4) is 0 Å². The third-order valence-electron chi connectivity index (χ3n) is 6.07. The van der Waals surface area contributed by atoms with Crippen LogP contribution in [0.15, 0.2) is 60.7 Å². The molecule has 12 nitrogen and oxygen atoms in total. The highest BCUT2D eigenvalue weighted by atomic mass is 16.6. The Kier molecular flexibility index (Phi) is 14.5. The highest BCUT2D eigenvalue weighted by molar-refractivity contribution is 5.92. The molecule has 0 radical (unpaired) electrons. The minimum atomic E-state index is -0.845. The van der Waals surface area contributed by atoms with E-state index in [2.05, 4.69) is 21.3 Å². The number of nitrogens with one attached hydrogen (secondary N) is 4. The van der Waals surface area contributed by atoms with Gasteiger partial charge in [0, 0.05) is 20.1 Å². The predicted octanol–water partition coefficient (Wildman–Crippen LogP) is 0.705. The maximum Gasteiger partial charge on any atom is 0.410 e. The molecule has 0 fully saturated rings. The second kappa shape index (κ2) is 18.1. The van der Waals surface area contributed by atoms with Crippen LogP contribution in [0.25, 0.3) is 0 Å². The van der Waals surface area contributed by atoms with Gasteiger partial charge in [-0.2, -0.15) is 0 Å². The number of carbonyl (C=O) groups excluding carboxylic acids is 5. The third-order valence-corrected chi connectivity index (χ3v) is 6.07. The maximum atomic E-state index is 12.8. The molecule has 42 heavy (non-hydrogen) atoms. The van der Waals surface area contributed by atoms with Gasteiger partial charge >= 0.3 is 6.09 Å². The van der Waals surface area contributed by atoms with Crippen molar-refractivity contribution in [2.24, 2.45) is 11.7 Å². The Morgan fingerprint density at radius 2 is 1.38 bits per heavy atom. The molecule has 2 aromatic rings. The number of rotatable bonds is 16. The summed E-state index contributed by atoms with van der Waals surface area (Å²) in [7, 11) is 1.45. The Morgan fingerprint density at radius 1 is 0.810 bits per heavy atom. The van der Waals surface area contributed by atoms with Crippen molar-refractivity contribution in [3.8, 4) is 0 Å². The van der Waals surface area contributed by atoms with Gasteiger partial charge in [0.1, 0.15) is 19.2 Å². The van der Waals surface area contributed by atoms with Crippen LogP contribution in [0.4, 0.5) is 4.79 Å². The number of amides is 5. The molecule has 12 heteroatoms. The molecule has 0 aliphatic carbocycles. The van der Waals surface area contributed by atoms with Gasteiger partial charge < -0.3 is 36.6 Å². The van der Waals surface area contributed by atoms with E-state index in [9.17, 15) is 24.0 Å². The first-order chi connectivity index (χ1) is 20.0. The van der Waals surface area contributed by atoms with Crippen LogP contribution in [0, 0.1) is 5.92 Å². The van der Waals surface area contributed by atoms with E-state index in [1.807, 2.05) is 74.5 Å². The predicted molar refractivity (Wildman–Crippen MR) is 158 cm³/mol. The molecule has 0 aromatic heterocycles. The van der Waals surface area contributed by atoms with Crippen LogP contribution in [-0.2, 0) is 36.9 Å². The molecule has 2 aromatic carbocycles. The van der Waals surface area contributed by atoms with Crippen LogP contribution in [0.2, 0.25) is 0 Å². The van der Waals surface area contributed by atoms with Crippen LogP contribution >= 0.6 is 0 Å². The van der Waals surface area contributed by atoms with E-state index in [0.29, 0.717) is 12.8 Å². The van der Waals surface area contributed by atoms with Crippen molar-refractivity contribution in [2.45, 2.75) is 45.4 Å². The Labute approximate surface area is 246 Å². The summed E-state index contributed by atoms with van der Waals surface area (Å²) in [5.41, 5.74) is 7.79. The van der Waals surface area contributed by atoms with Gasteiger partial charge in [0.15, 0.2) is 0 Å². The van der Waals surface area contributed by atoms with Crippen LogP contribution < -0.4 is 27.0 Å². The molecule has 2 rings (SSSR count). The van der Waals surface area contributed by atoms with Crippen molar-refractivity contribution in [1.82, 2.24) is 26.2 Å². The number of carbonyl (C=O) groups is 5. The molecule has 0 bridgehead atoms. The molecule has 2 atom stereocenters. The largest absolute Gasteiger partial charge is 0.445 e. The lowest BCUT2D eigenvalue weighted by Crippen LogP contribution is -2.53. The van der Waals surface area contributed by atoms with Gasteiger partial charge in [-0.15, -0.1) is 0 Å². The lowest BCUT2D eigenvalue weighted by atomic mass is 10.0. The van der Waals surface area contributed by atoms with Gasteiger partial charge in [-0.3, -0.25) is 19.2 Å². The van der Waals surface area contributed by atoms with Crippen LogP contribution in [0.5, 0.6) is 0 Å². The Balaban J connectivity index is 1.67. The van der Waals surface area contributed by atoms with Crippen molar-refractivity contribution in [2.75, 3.05) is 33.2 Å². The lowest BCUT2D eigenvalue weighted by molar-refractivity contribution is -0.131. The van der Waals surface area contributed by atoms with E-state index < -0.39 is 41.8 Å². The van der Waals surface area contributed by atoms with Gasteiger partial charge in [-0.25, -0.2) is 4.79 Å². The summed E-state index contributed by atoms with van der Waals surface area (Å²) in [4.78, 5) is 63.0. The number of hydrogen-bond acceptors (Lipinski definition) is 7. The molecule has 0 aliphatic heterocycles. The summed E-state index contributed by atoms with van der Waals surface area (Å²) < 4.78 is 5.17. The van der Waals surface area contributed by atoms with Crippen molar-refractivity contribution >= 4 is 29.7 Å². The number of nitrogens with two attached hydrogens (primary N) is 1. The second-order valence-corrected chi connectivity index (χ2v) is 10.3. The number of ether oxygens (including phenoxy) is 1. The summed E-state index contributed by atoms with van der Waals surface area (Å²) in [6, 6.07) is 16.8. The van der Waals surface area contributed by atoms with E-state index in [-0.39, 0.29) is 38.7 Å². The fourth-order valence-electron chi connectivity index (χ4n) is 3.86. The number of nitrogens with zero attached hydrogens (tertiary/aromatic N) is 1. The zero-order valence-corrected chi connectivity index (χ0v) is 24.4. The first-order valence-electron chi connectivity index (χ1n) is 13.9. The summed E-state index contributed by atoms with van der Waals surface area (Å²) in [6.07, 6.45) is 0.0662. The molecule has 0 unspecified atom stereocenters. The molecule has 0 saturated carbocycles. The monoisotopic (exact) mass is 582 g/mol. The van der Waals surface area contributed by atoms with Gasteiger partial charge in [0.25, 0.3) is 0 Å².